The highest BCUT2D eigenvalue weighted by Gasteiger charge is 1.92. The summed E-state index contributed by atoms with van der Waals surface area (Å²) < 4.78 is 4.24. The van der Waals surface area contributed by atoms with Crippen LogP contribution in [-0.4, -0.2) is 11.3 Å². The van der Waals surface area contributed by atoms with Gasteiger partial charge in [0.2, 0.25) is 0 Å². The summed E-state index contributed by atoms with van der Waals surface area (Å²) in [7, 11) is 0. The van der Waals surface area contributed by atoms with Gasteiger partial charge in [-0.25, -0.2) is 4.79 Å². The molecule has 0 aliphatic heterocycles. The SMILES string of the molecule is Cc1ccccc1C=COC(=O)O. The lowest BCUT2D eigenvalue weighted by molar-refractivity contribution is 0.128. The highest BCUT2D eigenvalue weighted by molar-refractivity contribution is 5.60. The quantitative estimate of drug-likeness (QED) is 0.559. The van der Waals surface area contributed by atoms with Crippen LogP contribution >= 0.6 is 0 Å². The van der Waals surface area contributed by atoms with E-state index in [2.05, 4.69) is 4.74 Å². The number of hydrogen-bond donors (Lipinski definition) is 1. The lowest BCUT2D eigenvalue weighted by Crippen LogP contribution is -1.91. The molecule has 0 heterocycles. The van der Waals surface area contributed by atoms with E-state index in [9.17, 15) is 4.79 Å². The molecule has 0 unspecified atom stereocenters. The molecule has 0 aromatic heterocycles. The van der Waals surface area contributed by atoms with E-state index in [0.717, 1.165) is 17.4 Å². The van der Waals surface area contributed by atoms with E-state index in [1.807, 2.05) is 31.2 Å². The molecule has 0 fully saturated rings. The molecule has 1 aromatic rings. The minimum atomic E-state index is -1.30. The number of rotatable bonds is 2. The van der Waals surface area contributed by atoms with Crippen LogP contribution in [0.3, 0.4) is 0 Å². The summed E-state index contributed by atoms with van der Waals surface area (Å²) in [6.45, 7) is 1.94. The molecule has 3 heteroatoms. The van der Waals surface area contributed by atoms with Gasteiger partial charge in [-0.15, -0.1) is 0 Å². The molecular formula is C10H10O3. The normalized spacial score (nSPS) is 10.2. The minimum Gasteiger partial charge on any atom is -0.449 e. The Balaban J connectivity index is 2.68. The Morgan fingerprint density at radius 3 is 2.77 bits per heavy atom. The van der Waals surface area contributed by atoms with Gasteiger partial charge in [0.05, 0.1) is 6.26 Å². The van der Waals surface area contributed by atoms with Gasteiger partial charge in [-0.3, -0.25) is 0 Å². The van der Waals surface area contributed by atoms with E-state index in [4.69, 9.17) is 5.11 Å². The van der Waals surface area contributed by atoms with Gasteiger partial charge in [0.1, 0.15) is 0 Å². The Morgan fingerprint density at radius 1 is 1.46 bits per heavy atom. The van der Waals surface area contributed by atoms with Crippen molar-refractivity contribution in [2.24, 2.45) is 0 Å². The molecule has 3 nitrogen and oxygen atoms in total. The maximum absolute atomic E-state index is 10.0. The van der Waals surface area contributed by atoms with Crippen LogP contribution in [0.4, 0.5) is 4.79 Å². The largest absolute Gasteiger partial charge is 0.510 e. The topological polar surface area (TPSA) is 46.5 Å². The average Bonchev–Trinajstić information content (AvgIpc) is 2.08. The van der Waals surface area contributed by atoms with Gasteiger partial charge in [-0.2, -0.15) is 0 Å². The van der Waals surface area contributed by atoms with E-state index >= 15 is 0 Å². The molecule has 0 bridgehead atoms. The molecular weight excluding hydrogens is 168 g/mol. The summed E-state index contributed by atoms with van der Waals surface area (Å²) in [5.41, 5.74) is 2.02. The Labute approximate surface area is 76.3 Å². The lowest BCUT2D eigenvalue weighted by atomic mass is 10.1. The molecule has 1 aromatic carbocycles. The van der Waals surface area contributed by atoms with Crippen LogP contribution in [0.25, 0.3) is 6.08 Å². The number of carbonyl (C=O) groups is 1. The monoisotopic (exact) mass is 178 g/mol. The van der Waals surface area contributed by atoms with E-state index < -0.39 is 6.16 Å². The fourth-order valence-corrected chi connectivity index (χ4v) is 0.939. The van der Waals surface area contributed by atoms with Gasteiger partial charge in [0, 0.05) is 0 Å². The van der Waals surface area contributed by atoms with E-state index in [1.54, 1.807) is 6.08 Å². The van der Waals surface area contributed by atoms with Crippen molar-refractivity contribution in [3.05, 3.63) is 41.7 Å². The summed E-state index contributed by atoms with van der Waals surface area (Å²) in [4.78, 5) is 10.0. The third-order valence-corrected chi connectivity index (χ3v) is 1.60. The third-order valence-electron chi connectivity index (χ3n) is 1.60. The van der Waals surface area contributed by atoms with E-state index in [1.165, 1.54) is 0 Å². The third kappa shape index (κ3) is 2.99. The van der Waals surface area contributed by atoms with Gasteiger partial charge in [-0.1, -0.05) is 24.3 Å². The number of hydrogen-bond acceptors (Lipinski definition) is 2. The number of ether oxygens (including phenoxy) is 1. The van der Waals surface area contributed by atoms with Crippen LogP contribution < -0.4 is 0 Å². The van der Waals surface area contributed by atoms with Crippen LogP contribution in [0.1, 0.15) is 11.1 Å². The highest BCUT2D eigenvalue weighted by atomic mass is 16.7. The zero-order chi connectivity index (χ0) is 9.68. The second-order valence-electron chi connectivity index (χ2n) is 2.54. The molecule has 0 saturated carbocycles. The highest BCUT2D eigenvalue weighted by Crippen LogP contribution is 2.08. The second kappa shape index (κ2) is 4.30. The zero-order valence-electron chi connectivity index (χ0n) is 7.23. The molecule has 0 radical (unpaired) electrons. The van der Waals surface area contributed by atoms with Crippen LogP contribution in [0, 0.1) is 6.92 Å². The molecule has 1 rings (SSSR count). The summed E-state index contributed by atoms with van der Waals surface area (Å²) in [5.74, 6) is 0. The molecule has 0 saturated heterocycles. The number of aryl methyl sites for hydroxylation is 1. The molecule has 68 valence electrons. The molecule has 0 aliphatic carbocycles. The van der Waals surface area contributed by atoms with E-state index in [-0.39, 0.29) is 0 Å². The van der Waals surface area contributed by atoms with Crippen LogP contribution in [0.5, 0.6) is 0 Å². The van der Waals surface area contributed by atoms with Crippen molar-refractivity contribution in [1.82, 2.24) is 0 Å². The van der Waals surface area contributed by atoms with Crippen LogP contribution in [0.2, 0.25) is 0 Å². The lowest BCUT2D eigenvalue weighted by Gasteiger charge is -1.97. The molecule has 13 heavy (non-hydrogen) atoms. The van der Waals surface area contributed by atoms with Crippen molar-refractivity contribution in [1.29, 1.82) is 0 Å². The first-order chi connectivity index (χ1) is 6.20. The Morgan fingerprint density at radius 2 is 2.15 bits per heavy atom. The zero-order valence-corrected chi connectivity index (χ0v) is 7.23. The standard InChI is InChI=1S/C10H10O3/c1-8-4-2-3-5-9(8)6-7-13-10(11)12/h2-7H,1H3,(H,11,12). The van der Waals surface area contributed by atoms with Gasteiger partial charge in [-0.05, 0) is 24.1 Å². The predicted molar refractivity (Wildman–Crippen MR) is 49.3 cm³/mol. The van der Waals surface area contributed by atoms with Crippen LogP contribution in [0.15, 0.2) is 30.5 Å². The number of benzene rings is 1. The first-order valence-corrected chi connectivity index (χ1v) is 3.82. The van der Waals surface area contributed by atoms with Gasteiger partial charge in [0.25, 0.3) is 0 Å². The Bertz CT molecular complexity index is 329. The fraction of sp³-hybridized carbons (Fsp3) is 0.100. The Kier molecular flexibility index (Phi) is 3.09. The second-order valence-corrected chi connectivity index (χ2v) is 2.54. The molecule has 0 atom stereocenters. The van der Waals surface area contributed by atoms with Crippen LogP contribution in [-0.2, 0) is 4.74 Å². The van der Waals surface area contributed by atoms with E-state index in [0.29, 0.717) is 0 Å². The maximum atomic E-state index is 10.0. The fourth-order valence-electron chi connectivity index (χ4n) is 0.939. The first-order valence-electron chi connectivity index (χ1n) is 3.82. The first kappa shape index (κ1) is 9.32. The molecule has 0 aliphatic rings. The predicted octanol–water partition coefficient (Wildman–Crippen LogP) is 2.66. The average molecular weight is 178 g/mol. The smallest absolute Gasteiger partial charge is 0.449 e. The minimum absolute atomic E-state index is 0.948. The number of carboxylic acid groups (broad SMARTS) is 1. The summed E-state index contributed by atoms with van der Waals surface area (Å²) in [6, 6.07) is 7.63. The van der Waals surface area contributed by atoms with Crippen molar-refractivity contribution in [3.8, 4) is 0 Å². The van der Waals surface area contributed by atoms with Crippen molar-refractivity contribution < 1.29 is 14.6 Å². The molecule has 0 spiro atoms. The van der Waals surface area contributed by atoms with Gasteiger partial charge in [0.15, 0.2) is 0 Å². The van der Waals surface area contributed by atoms with Gasteiger partial charge < -0.3 is 9.84 Å². The summed E-state index contributed by atoms with van der Waals surface area (Å²) in [5, 5.41) is 8.19. The van der Waals surface area contributed by atoms with Gasteiger partial charge >= 0.3 is 6.16 Å². The van der Waals surface area contributed by atoms with Crippen molar-refractivity contribution in [3.63, 3.8) is 0 Å². The van der Waals surface area contributed by atoms with Crippen molar-refractivity contribution >= 4 is 12.2 Å². The Hall–Kier alpha value is -1.77. The molecule has 1 N–H and O–H groups in total. The molecule has 0 amide bonds. The van der Waals surface area contributed by atoms with Crippen molar-refractivity contribution in [2.45, 2.75) is 6.92 Å². The summed E-state index contributed by atoms with van der Waals surface area (Å²) in [6.07, 6.45) is 1.47. The summed E-state index contributed by atoms with van der Waals surface area (Å²) >= 11 is 0. The van der Waals surface area contributed by atoms with Crippen molar-refractivity contribution in [2.75, 3.05) is 0 Å². The maximum Gasteiger partial charge on any atom is 0.510 e.